The lowest BCUT2D eigenvalue weighted by molar-refractivity contribution is -0.161. The van der Waals surface area contributed by atoms with Gasteiger partial charge in [-0.3, -0.25) is 37.3 Å². The summed E-state index contributed by atoms with van der Waals surface area (Å²) in [4.78, 5) is 72.7. The Bertz CT molecular complexity index is 1870. The van der Waals surface area contributed by atoms with Crippen molar-refractivity contribution < 1.29 is 80.2 Å². The van der Waals surface area contributed by atoms with Crippen LogP contribution in [0.15, 0.2) is 0 Å². The lowest BCUT2D eigenvalue weighted by Gasteiger charge is -2.21. The summed E-state index contributed by atoms with van der Waals surface area (Å²) in [7, 11) is -9.91. The quantitative estimate of drug-likeness (QED) is 0.0222. The first-order valence-corrected chi connectivity index (χ1v) is 42.2. The third-order valence-corrected chi connectivity index (χ3v) is 19.8. The number of hydrogen-bond acceptors (Lipinski definition) is 15. The molecule has 0 aliphatic carbocycles. The van der Waals surface area contributed by atoms with E-state index in [1.165, 1.54) is 186 Å². The minimum atomic E-state index is -4.96. The van der Waals surface area contributed by atoms with E-state index in [9.17, 15) is 43.2 Å². The molecule has 6 atom stereocenters. The van der Waals surface area contributed by atoms with Gasteiger partial charge in [0.1, 0.15) is 19.3 Å². The predicted molar refractivity (Wildman–Crippen MR) is 386 cm³/mol. The minimum absolute atomic E-state index is 0.104. The first-order valence-electron chi connectivity index (χ1n) is 39.2. The third kappa shape index (κ3) is 69.0. The van der Waals surface area contributed by atoms with Gasteiger partial charge in [0.05, 0.1) is 26.4 Å². The van der Waals surface area contributed by atoms with Gasteiger partial charge in [0.2, 0.25) is 0 Å². The molecule has 0 rings (SSSR count). The maximum absolute atomic E-state index is 13.1. The fourth-order valence-corrected chi connectivity index (χ4v) is 13.1. The van der Waals surface area contributed by atoms with Crippen molar-refractivity contribution >= 4 is 39.5 Å². The van der Waals surface area contributed by atoms with Crippen LogP contribution in [0.1, 0.15) is 383 Å². The molecule has 0 bridgehead atoms. The molecule has 3 N–H and O–H groups in total. The second-order valence-corrected chi connectivity index (χ2v) is 32.0. The van der Waals surface area contributed by atoms with Crippen molar-refractivity contribution in [3.63, 3.8) is 0 Å². The molecule has 0 aromatic heterocycles. The molecule has 95 heavy (non-hydrogen) atoms. The Kier molecular flexibility index (Phi) is 64.0. The molecular weight excluding hydrogens is 1250 g/mol. The van der Waals surface area contributed by atoms with Crippen molar-refractivity contribution in [1.29, 1.82) is 0 Å². The maximum Gasteiger partial charge on any atom is 0.472 e. The molecule has 0 aromatic carbocycles. The predicted octanol–water partition coefficient (Wildman–Crippen LogP) is 22.0. The Labute approximate surface area is 581 Å². The summed E-state index contributed by atoms with van der Waals surface area (Å²) in [5.41, 5.74) is 0. The second-order valence-electron chi connectivity index (χ2n) is 29.1. The van der Waals surface area contributed by atoms with E-state index in [1.807, 2.05) is 0 Å². The summed E-state index contributed by atoms with van der Waals surface area (Å²) in [5.74, 6) is 0.912. The van der Waals surface area contributed by atoms with E-state index in [4.69, 9.17) is 37.0 Å². The average Bonchev–Trinajstić information content (AvgIpc) is 1.71. The van der Waals surface area contributed by atoms with Gasteiger partial charge in [-0.05, 0) is 49.4 Å². The molecule has 0 heterocycles. The number of ether oxygens (including phenoxy) is 4. The largest absolute Gasteiger partial charge is 0.472 e. The first-order chi connectivity index (χ1) is 45.6. The second kappa shape index (κ2) is 65.4. The normalized spacial score (nSPS) is 14.4. The number of hydrogen-bond donors (Lipinski definition) is 3. The van der Waals surface area contributed by atoms with Gasteiger partial charge in [-0.25, -0.2) is 9.13 Å². The number of carbonyl (C=O) groups is 4. The lowest BCUT2D eigenvalue weighted by atomic mass is 9.99. The van der Waals surface area contributed by atoms with E-state index < -0.39 is 97.5 Å². The number of unbranched alkanes of at least 4 members (excludes halogenated alkanes) is 38. The van der Waals surface area contributed by atoms with Gasteiger partial charge < -0.3 is 33.8 Å². The van der Waals surface area contributed by atoms with Crippen molar-refractivity contribution in [1.82, 2.24) is 0 Å². The van der Waals surface area contributed by atoms with Crippen LogP contribution in [0.5, 0.6) is 0 Å². The molecular formula is C76H148O17P2. The Morgan fingerprint density at radius 3 is 0.747 bits per heavy atom. The topological polar surface area (TPSA) is 237 Å². The van der Waals surface area contributed by atoms with Gasteiger partial charge in [0.25, 0.3) is 0 Å². The molecule has 17 nitrogen and oxygen atoms in total. The average molecular weight is 1400 g/mol. The van der Waals surface area contributed by atoms with E-state index in [2.05, 4.69) is 55.4 Å². The Balaban J connectivity index is 5.17. The number of aliphatic hydroxyl groups excluding tert-OH is 1. The van der Waals surface area contributed by atoms with Gasteiger partial charge in [-0.2, -0.15) is 0 Å². The summed E-state index contributed by atoms with van der Waals surface area (Å²) in [6, 6.07) is 0. The molecule has 0 amide bonds. The van der Waals surface area contributed by atoms with E-state index >= 15 is 0 Å². The number of esters is 4. The molecule has 564 valence electrons. The SMILES string of the molecule is CCC(C)CCCCCCCCCCC(=O)O[C@H](COC(=O)CCCCCCCCCCC(C)C)COP(=O)(O)OCC(O)COP(=O)(O)OC[C@@H](COC(=O)CCCCCCCCCCCCCCCCCCCCC(C)C)OC(=O)CCCCCCCCCCC(C)C. The highest BCUT2D eigenvalue weighted by atomic mass is 31.2. The van der Waals surface area contributed by atoms with Gasteiger partial charge >= 0.3 is 39.5 Å². The van der Waals surface area contributed by atoms with Gasteiger partial charge in [0.15, 0.2) is 12.2 Å². The zero-order valence-corrected chi connectivity index (χ0v) is 64.1. The Morgan fingerprint density at radius 2 is 0.505 bits per heavy atom. The number of aliphatic hydroxyl groups is 1. The molecule has 0 radical (unpaired) electrons. The van der Waals surface area contributed by atoms with E-state index in [-0.39, 0.29) is 25.7 Å². The number of rotatable bonds is 73. The van der Waals surface area contributed by atoms with Crippen LogP contribution >= 0.6 is 15.6 Å². The molecule has 0 spiro atoms. The standard InChI is InChI=1S/C76H148O17P2/c1-9-69(8)55-47-39-31-24-27-35-43-51-59-76(81)93-72(63-87-74(79)57-49-41-33-25-22-29-37-45-53-67(4)5)65-91-95(84,85)89-61-70(77)60-88-94(82,83)90-64-71(92-75(80)58-50-42-34-26-23-30-38-46-54-68(6)7)62-86-73(78)56-48-40-32-21-19-17-15-13-11-10-12-14-16-18-20-28-36-44-52-66(2)3/h66-72,77H,9-65H2,1-8H3,(H,82,83)(H,84,85)/t69?,70?,71-,72-/m1/s1. The van der Waals surface area contributed by atoms with Gasteiger partial charge in [0, 0.05) is 25.7 Å². The third-order valence-electron chi connectivity index (χ3n) is 17.9. The number of phosphoric acid groups is 2. The van der Waals surface area contributed by atoms with Crippen molar-refractivity contribution in [2.75, 3.05) is 39.6 Å². The minimum Gasteiger partial charge on any atom is -0.462 e. The van der Waals surface area contributed by atoms with Crippen LogP contribution in [0.2, 0.25) is 0 Å². The molecule has 0 aliphatic heterocycles. The van der Waals surface area contributed by atoms with Crippen LogP contribution in [0, 0.1) is 23.7 Å². The molecule has 4 unspecified atom stereocenters. The van der Waals surface area contributed by atoms with Crippen LogP contribution in [0.3, 0.4) is 0 Å². The van der Waals surface area contributed by atoms with Crippen LogP contribution in [-0.2, 0) is 65.4 Å². The fourth-order valence-electron chi connectivity index (χ4n) is 11.5. The monoisotopic (exact) mass is 1400 g/mol. The smallest absolute Gasteiger partial charge is 0.462 e. The Morgan fingerprint density at radius 1 is 0.295 bits per heavy atom. The van der Waals surface area contributed by atoms with Gasteiger partial charge in [-0.15, -0.1) is 0 Å². The van der Waals surface area contributed by atoms with E-state index in [0.29, 0.717) is 25.7 Å². The molecule has 19 heteroatoms. The van der Waals surface area contributed by atoms with Gasteiger partial charge in [-0.1, -0.05) is 331 Å². The van der Waals surface area contributed by atoms with E-state index in [0.717, 1.165) is 114 Å². The summed E-state index contributed by atoms with van der Waals surface area (Å²) in [6.45, 7) is 14.2. The van der Waals surface area contributed by atoms with Crippen molar-refractivity contribution in [3.05, 3.63) is 0 Å². The number of phosphoric ester groups is 2. The summed E-state index contributed by atoms with van der Waals surface area (Å²) >= 11 is 0. The summed E-state index contributed by atoms with van der Waals surface area (Å²) in [5, 5.41) is 10.6. The zero-order valence-electron chi connectivity index (χ0n) is 62.3. The highest BCUT2D eigenvalue weighted by Crippen LogP contribution is 2.45. The lowest BCUT2D eigenvalue weighted by Crippen LogP contribution is -2.30. The molecule has 0 fully saturated rings. The molecule has 0 saturated carbocycles. The highest BCUT2D eigenvalue weighted by Gasteiger charge is 2.30. The van der Waals surface area contributed by atoms with Crippen LogP contribution in [-0.4, -0.2) is 96.7 Å². The summed E-state index contributed by atoms with van der Waals surface area (Å²) < 4.78 is 68.5. The van der Waals surface area contributed by atoms with E-state index in [1.54, 1.807) is 0 Å². The van der Waals surface area contributed by atoms with Crippen molar-refractivity contribution in [3.8, 4) is 0 Å². The first kappa shape index (κ1) is 93.1. The fraction of sp³-hybridized carbons (Fsp3) is 0.947. The zero-order chi connectivity index (χ0) is 70.3. The van der Waals surface area contributed by atoms with Crippen molar-refractivity contribution in [2.45, 2.75) is 401 Å². The molecule has 0 aromatic rings. The van der Waals surface area contributed by atoms with Crippen LogP contribution in [0.25, 0.3) is 0 Å². The maximum atomic E-state index is 13.1. The molecule has 0 saturated heterocycles. The van der Waals surface area contributed by atoms with Crippen LogP contribution in [0.4, 0.5) is 0 Å². The molecule has 0 aliphatic rings. The van der Waals surface area contributed by atoms with Crippen molar-refractivity contribution in [2.24, 2.45) is 23.7 Å². The van der Waals surface area contributed by atoms with Crippen LogP contribution < -0.4 is 0 Å². The Hall–Kier alpha value is -1.94. The number of carbonyl (C=O) groups excluding carboxylic acids is 4. The highest BCUT2D eigenvalue weighted by molar-refractivity contribution is 7.47. The summed E-state index contributed by atoms with van der Waals surface area (Å²) in [6.07, 6.45) is 50.2.